The smallest absolute Gasteiger partial charge is 0.259 e. The summed E-state index contributed by atoms with van der Waals surface area (Å²) in [6, 6.07) is 12.7. The molecule has 2 aromatic rings. The summed E-state index contributed by atoms with van der Waals surface area (Å²) in [5, 5.41) is 13.4. The predicted molar refractivity (Wildman–Crippen MR) is 122 cm³/mol. The number of carbonyl (C=O) groups is 1. The molecule has 4 saturated carbocycles. The average molecular weight is 438 g/mol. The van der Waals surface area contributed by atoms with Gasteiger partial charge < -0.3 is 15.2 Å². The molecule has 0 saturated heterocycles. The third kappa shape index (κ3) is 4.68. The molecule has 2 N–H and O–H groups in total. The Morgan fingerprint density at radius 3 is 2.31 bits per heavy atom. The molecule has 4 bridgehead atoms. The first-order valence-electron chi connectivity index (χ1n) is 11.9. The van der Waals surface area contributed by atoms with Crippen LogP contribution in [0.15, 0.2) is 48.5 Å². The largest absolute Gasteiger partial charge is 0.490 e. The van der Waals surface area contributed by atoms with Gasteiger partial charge >= 0.3 is 0 Å². The van der Waals surface area contributed by atoms with Crippen molar-refractivity contribution >= 4 is 11.6 Å². The van der Waals surface area contributed by atoms with E-state index in [1.165, 1.54) is 62.8 Å². The van der Waals surface area contributed by atoms with E-state index in [4.69, 9.17) is 4.74 Å². The highest BCUT2D eigenvalue weighted by Crippen LogP contribution is 2.61. The molecule has 6 rings (SSSR count). The Hall–Kier alpha value is -2.40. The molecule has 0 heterocycles. The molecular weight excluding hydrogens is 405 g/mol. The minimum Gasteiger partial charge on any atom is -0.490 e. The highest BCUT2D eigenvalue weighted by molar-refractivity contribution is 6.06. The fourth-order valence-electron chi connectivity index (χ4n) is 6.85. The van der Waals surface area contributed by atoms with Gasteiger partial charge in [-0.2, -0.15) is 0 Å². The molecule has 0 radical (unpaired) electrons. The van der Waals surface area contributed by atoms with Crippen molar-refractivity contribution in [2.45, 2.75) is 57.5 Å². The quantitative estimate of drug-likeness (QED) is 0.548. The first-order valence-corrected chi connectivity index (χ1v) is 11.9. The second-order valence-electron chi connectivity index (χ2n) is 10.4. The number of aliphatic hydroxyl groups is 1. The molecule has 1 atom stereocenters. The number of rotatable bonds is 8. The number of nitrogens with one attached hydrogen (secondary N) is 1. The number of benzene rings is 2. The first kappa shape index (κ1) is 21.4. The molecule has 5 heteroatoms. The summed E-state index contributed by atoms with van der Waals surface area (Å²) in [6.07, 6.45) is 9.61. The van der Waals surface area contributed by atoms with Crippen LogP contribution in [-0.2, 0) is 0 Å². The van der Waals surface area contributed by atoms with Gasteiger partial charge in [0.25, 0.3) is 5.91 Å². The summed E-state index contributed by atoms with van der Waals surface area (Å²) in [5.74, 6) is 2.52. The first-order chi connectivity index (χ1) is 15.5. The Kier molecular flexibility index (Phi) is 5.93. The van der Waals surface area contributed by atoms with Gasteiger partial charge in [0.1, 0.15) is 18.2 Å². The van der Waals surface area contributed by atoms with Crippen LogP contribution < -0.4 is 10.1 Å². The summed E-state index contributed by atoms with van der Waals surface area (Å²) >= 11 is 0. The van der Waals surface area contributed by atoms with Crippen LogP contribution in [-0.4, -0.2) is 23.7 Å². The van der Waals surface area contributed by atoms with Gasteiger partial charge in [-0.25, -0.2) is 4.39 Å². The number of hydrogen-bond acceptors (Lipinski definition) is 3. The molecule has 4 aliphatic carbocycles. The van der Waals surface area contributed by atoms with Crippen LogP contribution in [0.2, 0.25) is 0 Å². The van der Waals surface area contributed by atoms with E-state index in [2.05, 4.69) is 5.32 Å². The van der Waals surface area contributed by atoms with E-state index >= 15 is 0 Å². The van der Waals surface area contributed by atoms with Crippen molar-refractivity contribution in [3.63, 3.8) is 0 Å². The van der Waals surface area contributed by atoms with E-state index in [1.54, 1.807) is 18.2 Å². The Morgan fingerprint density at radius 2 is 1.66 bits per heavy atom. The van der Waals surface area contributed by atoms with E-state index in [9.17, 15) is 14.3 Å². The van der Waals surface area contributed by atoms with Gasteiger partial charge in [-0.15, -0.1) is 0 Å². The van der Waals surface area contributed by atoms with Gasteiger partial charge in [-0.05, 0) is 111 Å². The van der Waals surface area contributed by atoms with Gasteiger partial charge in [0.05, 0.1) is 11.7 Å². The summed E-state index contributed by atoms with van der Waals surface area (Å²) in [4.78, 5) is 12.7. The van der Waals surface area contributed by atoms with Crippen LogP contribution in [0.1, 0.15) is 61.7 Å². The van der Waals surface area contributed by atoms with Gasteiger partial charge in [0.15, 0.2) is 0 Å². The molecule has 4 fully saturated rings. The maximum absolute atomic E-state index is 13.1. The van der Waals surface area contributed by atoms with Crippen molar-refractivity contribution in [3.05, 3.63) is 59.9 Å². The minimum atomic E-state index is -0.545. The number of aliphatic hydroxyl groups excluding tert-OH is 1. The molecule has 4 nitrogen and oxygen atoms in total. The lowest BCUT2D eigenvalue weighted by Gasteiger charge is -2.57. The number of para-hydroxylation sites is 1. The van der Waals surface area contributed by atoms with Crippen LogP contribution in [0, 0.1) is 29.0 Å². The van der Waals surface area contributed by atoms with Crippen LogP contribution in [0.3, 0.4) is 0 Å². The van der Waals surface area contributed by atoms with Crippen molar-refractivity contribution < 1.29 is 19.0 Å². The Balaban J connectivity index is 1.15. The molecular formula is C27H32FNO3. The lowest BCUT2D eigenvalue weighted by atomic mass is 9.48. The summed E-state index contributed by atoms with van der Waals surface area (Å²) in [5.41, 5.74) is 1.36. The van der Waals surface area contributed by atoms with Gasteiger partial charge in [-0.1, -0.05) is 12.1 Å². The third-order valence-corrected chi connectivity index (χ3v) is 7.84. The van der Waals surface area contributed by atoms with E-state index in [1.807, 2.05) is 6.07 Å². The molecule has 4 aliphatic rings. The van der Waals surface area contributed by atoms with E-state index in [-0.39, 0.29) is 18.3 Å². The number of halogens is 1. The van der Waals surface area contributed by atoms with Gasteiger partial charge in [-0.3, -0.25) is 4.79 Å². The fraction of sp³-hybridized carbons (Fsp3) is 0.519. The molecule has 0 spiro atoms. The zero-order valence-corrected chi connectivity index (χ0v) is 18.4. The fourth-order valence-corrected chi connectivity index (χ4v) is 6.85. The molecule has 0 aliphatic heterocycles. The van der Waals surface area contributed by atoms with Crippen LogP contribution in [0.4, 0.5) is 10.1 Å². The van der Waals surface area contributed by atoms with E-state index in [0.717, 1.165) is 30.6 Å². The van der Waals surface area contributed by atoms with Crippen molar-refractivity contribution in [2.24, 2.45) is 23.2 Å². The van der Waals surface area contributed by atoms with Crippen molar-refractivity contribution in [1.82, 2.24) is 0 Å². The summed E-state index contributed by atoms with van der Waals surface area (Å²) < 4.78 is 19.0. The topological polar surface area (TPSA) is 58.6 Å². The van der Waals surface area contributed by atoms with Gasteiger partial charge in [0, 0.05) is 5.69 Å². The molecule has 0 aromatic heterocycles. The van der Waals surface area contributed by atoms with E-state index in [0.29, 0.717) is 22.4 Å². The zero-order chi connectivity index (χ0) is 22.1. The predicted octanol–water partition coefficient (Wildman–Crippen LogP) is 5.81. The van der Waals surface area contributed by atoms with Crippen LogP contribution in [0.25, 0.3) is 0 Å². The minimum absolute atomic E-state index is 0.174. The zero-order valence-electron chi connectivity index (χ0n) is 18.4. The van der Waals surface area contributed by atoms with Crippen molar-refractivity contribution in [1.29, 1.82) is 0 Å². The van der Waals surface area contributed by atoms with Crippen LogP contribution in [0.5, 0.6) is 5.75 Å². The number of ether oxygens (including phenoxy) is 1. The Morgan fingerprint density at radius 1 is 1.03 bits per heavy atom. The maximum atomic E-state index is 13.1. The molecule has 2 aromatic carbocycles. The molecule has 1 amide bonds. The number of amides is 1. The average Bonchev–Trinajstić information content (AvgIpc) is 2.77. The van der Waals surface area contributed by atoms with Crippen molar-refractivity contribution in [3.8, 4) is 5.75 Å². The van der Waals surface area contributed by atoms with Crippen LogP contribution >= 0.6 is 0 Å². The van der Waals surface area contributed by atoms with Crippen molar-refractivity contribution in [2.75, 3.05) is 11.9 Å². The SMILES string of the molecule is O=C(Nc1ccc(F)cc1)c1ccccc1OCC(O)CCC12CC3CC(CC(C3)C1)C2. The standard InChI is InChI=1S/C27H32FNO3/c28-21-5-7-22(8-6-21)29-26(31)24-3-1-2-4-25(24)32-17-23(30)9-10-27-14-18-11-19(15-27)13-20(12-18)16-27/h1-8,18-20,23,30H,9-17H2,(H,29,31). The third-order valence-electron chi connectivity index (χ3n) is 7.84. The highest BCUT2D eigenvalue weighted by Gasteiger charge is 2.50. The monoisotopic (exact) mass is 437 g/mol. The van der Waals surface area contributed by atoms with E-state index < -0.39 is 6.10 Å². The number of hydrogen-bond donors (Lipinski definition) is 2. The number of anilines is 1. The second-order valence-corrected chi connectivity index (χ2v) is 10.4. The molecule has 170 valence electrons. The second kappa shape index (κ2) is 8.86. The lowest BCUT2D eigenvalue weighted by molar-refractivity contribution is -0.0642. The molecule has 32 heavy (non-hydrogen) atoms. The maximum Gasteiger partial charge on any atom is 0.259 e. The molecule has 1 unspecified atom stereocenters. The van der Waals surface area contributed by atoms with Gasteiger partial charge in [0.2, 0.25) is 0 Å². The number of carbonyl (C=O) groups excluding carboxylic acids is 1. The lowest BCUT2D eigenvalue weighted by Crippen LogP contribution is -2.46. The Labute approximate surface area is 189 Å². The summed E-state index contributed by atoms with van der Waals surface area (Å²) in [7, 11) is 0. The normalized spacial score (nSPS) is 29.0. The Bertz CT molecular complexity index is 922. The highest BCUT2D eigenvalue weighted by atomic mass is 19.1. The summed E-state index contributed by atoms with van der Waals surface area (Å²) in [6.45, 7) is 0.174.